The number of hydrogen-bond donors (Lipinski definition) is 1. The summed E-state index contributed by atoms with van der Waals surface area (Å²) in [4.78, 5) is 13.8. The fourth-order valence-corrected chi connectivity index (χ4v) is 1.86. The van der Waals surface area contributed by atoms with Crippen LogP contribution in [0.25, 0.3) is 11.0 Å². The molecule has 1 N–H and O–H groups in total. The van der Waals surface area contributed by atoms with Crippen molar-refractivity contribution in [3.05, 3.63) is 29.5 Å². The fraction of sp³-hybridized carbons (Fsp3) is 0.429. The summed E-state index contributed by atoms with van der Waals surface area (Å²) in [6.45, 7) is 3.47. The summed E-state index contributed by atoms with van der Waals surface area (Å²) in [6.07, 6.45) is 0.254. The highest BCUT2D eigenvalue weighted by Crippen LogP contribution is 2.20. The predicted octanol–water partition coefficient (Wildman–Crippen LogP) is 1.36. The molecule has 0 aliphatic carbocycles. The third kappa shape index (κ3) is 3.54. The van der Waals surface area contributed by atoms with Crippen molar-refractivity contribution in [3.63, 3.8) is 0 Å². The molecule has 5 heteroatoms. The topological polar surface area (TPSA) is 58.4 Å². The molecule has 0 unspecified atom stereocenters. The molecule has 102 valence electrons. The Kier molecular flexibility index (Phi) is 4.16. The zero-order valence-corrected chi connectivity index (χ0v) is 11.6. The smallest absolute Gasteiger partial charge is 0.226 e. The van der Waals surface area contributed by atoms with Gasteiger partial charge < -0.3 is 14.7 Å². The molecule has 0 spiro atoms. The Hall–Kier alpha value is -1.88. The number of likely N-dealkylation sites (N-methyl/N-ethyl adjacent to an activating group) is 1. The average molecular weight is 261 g/mol. The second kappa shape index (κ2) is 5.84. The maximum Gasteiger partial charge on any atom is 0.226 e. The van der Waals surface area contributed by atoms with Gasteiger partial charge >= 0.3 is 0 Å². The lowest BCUT2D eigenvalue weighted by atomic mass is 10.1. The van der Waals surface area contributed by atoms with Gasteiger partial charge in [0.05, 0.1) is 6.42 Å². The Morgan fingerprint density at radius 1 is 1.42 bits per heavy atom. The van der Waals surface area contributed by atoms with Crippen LogP contribution >= 0.6 is 0 Å². The van der Waals surface area contributed by atoms with E-state index >= 15 is 0 Å². The van der Waals surface area contributed by atoms with Crippen molar-refractivity contribution in [1.82, 2.24) is 15.4 Å². The number of amides is 1. The molecular weight excluding hydrogens is 242 g/mol. The highest BCUT2D eigenvalue weighted by molar-refractivity contribution is 5.86. The highest BCUT2D eigenvalue weighted by Gasteiger charge is 2.12. The molecule has 0 radical (unpaired) electrons. The first-order chi connectivity index (χ1) is 9.06. The van der Waals surface area contributed by atoms with E-state index in [0.717, 1.165) is 23.1 Å². The standard InChI is InChI=1S/C14H19N3O2/c1-10-4-5-13-11(8-10)12(16-19-13)9-14(18)15-6-7-17(2)3/h4-5,8H,6-7,9H2,1-3H3,(H,15,18). The molecule has 0 bridgehead atoms. The van der Waals surface area contributed by atoms with E-state index in [1.54, 1.807) is 0 Å². The average Bonchev–Trinajstić information content (AvgIpc) is 2.71. The minimum atomic E-state index is -0.0291. The summed E-state index contributed by atoms with van der Waals surface area (Å²) in [5, 5.41) is 7.76. The van der Waals surface area contributed by atoms with Gasteiger partial charge in [-0.05, 0) is 33.2 Å². The normalized spacial score (nSPS) is 11.2. The van der Waals surface area contributed by atoms with Gasteiger partial charge in [0, 0.05) is 18.5 Å². The van der Waals surface area contributed by atoms with E-state index in [1.165, 1.54) is 0 Å². The van der Waals surface area contributed by atoms with Gasteiger partial charge in [0.15, 0.2) is 5.58 Å². The summed E-state index contributed by atoms with van der Waals surface area (Å²) in [6, 6.07) is 5.84. The second-order valence-electron chi connectivity index (χ2n) is 4.96. The van der Waals surface area contributed by atoms with Crippen molar-refractivity contribution in [3.8, 4) is 0 Å². The fourth-order valence-electron chi connectivity index (χ4n) is 1.86. The quantitative estimate of drug-likeness (QED) is 0.883. The zero-order valence-electron chi connectivity index (χ0n) is 11.6. The summed E-state index contributed by atoms with van der Waals surface area (Å²) < 4.78 is 5.21. The Bertz CT molecular complexity index is 575. The van der Waals surface area contributed by atoms with Crippen molar-refractivity contribution in [2.75, 3.05) is 27.2 Å². The van der Waals surface area contributed by atoms with Gasteiger partial charge in [0.1, 0.15) is 5.69 Å². The number of nitrogens with one attached hydrogen (secondary N) is 1. The molecule has 0 atom stereocenters. The van der Waals surface area contributed by atoms with Crippen LogP contribution in [0.5, 0.6) is 0 Å². The van der Waals surface area contributed by atoms with E-state index in [0.29, 0.717) is 12.2 Å². The Morgan fingerprint density at radius 2 is 2.21 bits per heavy atom. The van der Waals surface area contributed by atoms with Crippen LogP contribution in [-0.2, 0) is 11.2 Å². The molecule has 1 aromatic heterocycles. The molecule has 1 heterocycles. The van der Waals surface area contributed by atoms with Gasteiger partial charge in [-0.2, -0.15) is 0 Å². The van der Waals surface area contributed by atoms with Crippen molar-refractivity contribution in [1.29, 1.82) is 0 Å². The summed E-state index contributed by atoms with van der Waals surface area (Å²) in [5.41, 5.74) is 2.55. The number of benzene rings is 1. The molecular formula is C14H19N3O2. The molecule has 19 heavy (non-hydrogen) atoms. The maximum atomic E-state index is 11.8. The van der Waals surface area contributed by atoms with Gasteiger partial charge in [0.2, 0.25) is 5.91 Å². The maximum absolute atomic E-state index is 11.8. The predicted molar refractivity (Wildman–Crippen MR) is 74.0 cm³/mol. The lowest BCUT2D eigenvalue weighted by Crippen LogP contribution is -2.32. The molecule has 0 aliphatic heterocycles. The number of nitrogens with zero attached hydrogens (tertiary/aromatic N) is 2. The molecule has 2 aromatic rings. The number of hydrogen-bond acceptors (Lipinski definition) is 4. The molecule has 0 aliphatic rings. The lowest BCUT2D eigenvalue weighted by molar-refractivity contribution is -0.120. The molecule has 5 nitrogen and oxygen atoms in total. The Morgan fingerprint density at radius 3 is 2.95 bits per heavy atom. The van der Waals surface area contributed by atoms with Crippen molar-refractivity contribution >= 4 is 16.9 Å². The Balaban J connectivity index is 2.01. The van der Waals surface area contributed by atoms with E-state index in [9.17, 15) is 4.79 Å². The number of rotatable bonds is 5. The minimum absolute atomic E-state index is 0.0291. The molecule has 0 saturated heterocycles. The van der Waals surface area contributed by atoms with Gasteiger partial charge in [-0.15, -0.1) is 0 Å². The lowest BCUT2D eigenvalue weighted by Gasteiger charge is -2.09. The van der Waals surface area contributed by atoms with E-state index in [1.807, 2.05) is 44.1 Å². The largest absolute Gasteiger partial charge is 0.356 e. The van der Waals surface area contributed by atoms with Crippen LogP contribution in [0, 0.1) is 6.92 Å². The first kappa shape index (κ1) is 13.5. The van der Waals surface area contributed by atoms with Crippen LogP contribution in [0.15, 0.2) is 22.7 Å². The molecule has 1 aromatic carbocycles. The van der Waals surface area contributed by atoms with E-state index in [4.69, 9.17) is 4.52 Å². The van der Waals surface area contributed by atoms with Crippen LogP contribution in [0.1, 0.15) is 11.3 Å². The number of aromatic nitrogens is 1. The first-order valence-electron chi connectivity index (χ1n) is 6.32. The van der Waals surface area contributed by atoms with E-state index in [2.05, 4.69) is 10.5 Å². The number of carbonyl (C=O) groups is 1. The molecule has 0 saturated carbocycles. The summed E-state index contributed by atoms with van der Waals surface area (Å²) in [7, 11) is 3.94. The van der Waals surface area contributed by atoms with Gasteiger partial charge in [-0.25, -0.2) is 0 Å². The van der Waals surface area contributed by atoms with Crippen molar-refractivity contribution < 1.29 is 9.32 Å². The Labute approximate surface area is 112 Å². The number of aryl methyl sites for hydroxylation is 1. The monoisotopic (exact) mass is 261 g/mol. The number of fused-ring (bicyclic) bond motifs is 1. The second-order valence-corrected chi connectivity index (χ2v) is 4.96. The summed E-state index contributed by atoms with van der Waals surface area (Å²) >= 11 is 0. The van der Waals surface area contributed by atoms with Crippen LogP contribution < -0.4 is 5.32 Å². The summed E-state index contributed by atoms with van der Waals surface area (Å²) in [5.74, 6) is -0.0291. The van der Waals surface area contributed by atoms with Crippen LogP contribution in [-0.4, -0.2) is 43.1 Å². The van der Waals surface area contributed by atoms with Crippen LogP contribution in [0.2, 0.25) is 0 Å². The zero-order chi connectivity index (χ0) is 13.8. The third-order valence-corrected chi connectivity index (χ3v) is 2.91. The third-order valence-electron chi connectivity index (χ3n) is 2.91. The highest BCUT2D eigenvalue weighted by atomic mass is 16.5. The SMILES string of the molecule is Cc1ccc2onc(CC(=O)NCCN(C)C)c2c1. The van der Waals surface area contributed by atoms with Crippen LogP contribution in [0.3, 0.4) is 0 Å². The molecule has 2 rings (SSSR count). The van der Waals surface area contributed by atoms with Gasteiger partial charge in [-0.1, -0.05) is 16.8 Å². The van der Waals surface area contributed by atoms with Crippen LogP contribution in [0.4, 0.5) is 0 Å². The van der Waals surface area contributed by atoms with Crippen molar-refractivity contribution in [2.24, 2.45) is 0 Å². The van der Waals surface area contributed by atoms with E-state index < -0.39 is 0 Å². The van der Waals surface area contributed by atoms with Crippen molar-refractivity contribution in [2.45, 2.75) is 13.3 Å². The minimum Gasteiger partial charge on any atom is -0.356 e. The first-order valence-corrected chi connectivity index (χ1v) is 6.32. The molecule has 1 amide bonds. The number of carbonyl (C=O) groups excluding carboxylic acids is 1. The molecule has 0 fully saturated rings. The van der Waals surface area contributed by atoms with Gasteiger partial charge in [0.25, 0.3) is 0 Å². The van der Waals surface area contributed by atoms with E-state index in [-0.39, 0.29) is 12.3 Å². The van der Waals surface area contributed by atoms with Gasteiger partial charge in [-0.3, -0.25) is 4.79 Å².